The van der Waals surface area contributed by atoms with Crippen molar-refractivity contribution in [2.45, 2.75) is 19.9 Å². The molecule has 22 heavy (non-hydrogen) atoms. The summed E-state index contributed by atoms with van der Waals surface area (Å²) in [5, 5.41) is 12.4. The number of hydrogen-bond donors (Lipinski definition) is 2. The van der Waals surface area contributed by atoms with Gasteiger partial charge in [-0.05, 0) is 25.5 Å². The molecule has 7 heteroatoms. The molecule has 0 fully saturated rings. The van der Waals surface area contributed by atoms with Gasteiger partial charge in [-0.2, -0.15) is 0 Å². The zero-order valence-electron chi connectivity index (χ0n) is 12.2. The highest BCUT2D eigenvalue weighted by Gasteiger charge is 2.12. The minimum absolute atomic E-state index is 0.160. The molecule has 0 aliphatic heterocycles. The SMILES string of the molecule is Cc1cc(=O)oc2cc(OCC(=O)N[C@@H](C)CO)c(Cl)cc12. The highest BCUT2D eigenvalue weighted by Crippen LogP contribution is 2.30. The predicted molar refractivity (Wildman–Crippen MR) is 82.4 cm³/mol. The second-order valence-corrected chi connectivity index (χ2v) is 5.37. The summed E-state index contributed by atoms with van der Waals surface area (Å²) in [6, 6.07) is 4.13. The fourth-order valence-electron chi connectivity index (χ4n) is 1.94. The molecule has 0 spiro atoms. The third-order valence-electron chi connectivity index (χ3n) is 3.04. The predicted octanol–water partition coefficient (Wildman–Crippen LogP) is 1.63. The Balaban J connectivity index is 2.20. The van der Waals surface area contributed by atoms with Crippen LogP contribution in [0.15, 0.2) is 27.4 Å². The van der Waals surface area contributed by atoms with Gasteiger partial charge in [0.05, 0.1) is 11.6 Å². The molecule has 0 aliphatic carbocycles. The summed E-state index contributed by atoms with van der Waals surface area (Å²) in [6.07, 6.45) is 0. The minimum atomic E-state index is -0.465. The Hall–Kier alpha value is -2.05. The van der Waals surface area contributed by atoms with Crippen LogP contribution in [0.5, 0.6) is 5.75 Å². The second kappa shape index (κ2) is 6.81. The maximum Gasteiger partial charge on any atom is 0.336 e. The number of benzene rings is 1. The molecule has 1 aromatic heterocycles. The molecule has 0 saturated carbocycles. The summed E-state index contributed by atoms with van der Waals surface area (Å²) in [5.74, 6) is -0.141. The van der Waals surface area contributed by atoms with Gasteiger partial charge in [0, 0.05) is 23.6 Å². The molecule has 0 unspecified atom stereocenters. The van der Waals surface area contributed by atoms with Gasteiger partial charge in [-0.25, -0.2) is 4.79 Å². The smallest absolute Gasteiger partial charge is 0.336 e. The summed E-state index contributed by atoms with van der Waals surface area (Å²) in [4.78, 5) is 23.0. The molecule has 0 radical (unpaired) electrons. The molecule has 2 N–H and O–H groups in total. The zero-order chi connectivity index (χ0) is 16.3. The van der Waals surface area contributed by atoms with Gasteiger partial charge < -0.3 is 19.6 Å². The molecular weight excluding hydrogens is 310 g/mol. The number of halogens is 1. The van der Waals surface area contributed by atoms with E-state index in [4.69, 9.17) is 25.9 Å². The number of aryl methyl sites for hydroxylation is 1. The molecule has 1 heterocycles. The Morgan fingerprint density at radius 2 is 2.18 bits per heavy atom. The standard InChI is InChI=1S/C15H16ClNO5/c1-8-3-15(20)22-12-5-13(11(16)4-10(8)12)21-7-14(19)17-9(2)6-18/h3-5,9,18H,6-7H2,1-2H3,(H,17,19)/t9-/m0/s1. The summed E-state index contributed by atoms with van der Waals surface area (Å²) >= 11 is 6.11. The Morgan fingerprint density at radius 1 is 1.45 bits per heavy atom. The van der Waals surface area contributed by atoms with Crippen LogP contribution in [0.2, 0.25) is 5.02 Å². The van der Waals surface area contributed by atoms with Gasteiger partial charge >= 0.3 is 5.63 Å². The highest BCUT2D eigenvalue weighted by atomic mass is 35.5. The van der Waals surface area contributed by atoms with E-state index in [0.717, 1.165) is 5.56 Å². The van der Waals surface area contributed by atoms with E-state index in [1.807, 2.05) is 0 Å². The first kappa shape index (κ1) is 16.3. The van der Waals surface area contributed by atoms with Crippen molar-refractivity contribution < 1.29 is 19.1 Å². The number of rotatable bonds is 5. The third-order valence-corrected chi connectivity index (χ3v) is 3.34. The maximum absolute atomic E-state index is 11.6. The van der Waals surface area contributed by atoms with Gasteiger partial charge in [0.2, 0.25) is 0 Å². The molecular formula is C15H16ClNO5. The van der Waals surface area contributed by atoms with Crippen molar-refractivity contribution in [2.24, 2.45) is 0 Å². The van der Waals surface area contributed by atoms with Gasteiger partial charge in [-0.1, -0.05) is 11.6 Å². The number of nitrogens with one attached hydrogen (secondary N) is 1. The third kappa shape index (κ3) is 3.78. The molecule has 118 valence electrons. The normalized spacial score (nSPS) is 12.2. The van der Waals surface area contributed by atoms with E-state index < -0.39 is 5.63 Å². The quantitative estimate of drug-likeness (QED) is 0.816. The second-order valence-electron chi connectivity index (χ2n) is 4.97. The van der Waals surface area contributed by atoms with E-state index in [0.29, 0.717) is 16.0 Å². The lowest BCUT2D eigenvalue weighted by atomic mass is 10.1. The van der Waals surface area contributed by atoms with E-state index in [1.54, 1.807) is 19.9 Å². The first-order valence-corrected chi connectivity index (χ1v) is 7.05. The van der Waals surface area contributed by atoms with Crippen LogP contribution in [0.3, 0.4) is 0 Å². The van der Waals surface area contributed by atoms with Crippen molar-refractivity contribution in [2.75, 3.05) is 13.2 Å². The molecule has 0 bridgehead atoms. The van der Waals surface area contributed by atoms with Crippen molar-refractivity contribution in [3.05, 3.63) is 39.2 Å². The van der Waals surface area contributed by atoms with Crippen LogP contribution in [-0.2, 0) is 4.79 Å². The van der Waals surface area contributed by atoms with E-state index >= 15 is 0 Å². The lowest BCUT2D eigenvalue weighted by Gasteiger charge is -2.12. The summed E-state index contributed by atoms with van der Waals surface area (Å²) in [5.41, 5.74) is 0.621. The first-order valence-electron chi connectivity index (χ1n) is 6.67. The van der Waals surface area contributed by atoms with Gasteiger partial charge in [0.1, 0.15) is 11.3 Å². The van der Waals surface area contributed by atoms with Crippen molar-refractivity contribution in [3.8, 4) is 5.75 Å². The molecule has 0 saturated heterocycles. The highest BCUT2D eigenvalue weighted by molar-refractivity contribution is 6.32. The Morgan fingerprint density at radius 3 is 2.86 bits per heavy atom. The lowest BCUT2D eigenvalue weighted by molar-refractivity contribution is -0.123. The summed E-state index contributed by atoms with van der Waals surface area (Å²) in [6.45, 7) is 3.02. The molecule has 1 atom stereocenters. The number of ether oxygens (including phenoxy) is 1. The van der Waals surface area contributed by atoms with Crippen LogP contribution in [-0.4, -0.2) is 30.3 Å². The van der Waals surface area contributed by atoms with Crippen LogP contribution < -0.4 is 15.7 Å². The van der Waals surface area contributed by atoms with Crippen LogP contribution in [0.1, 0.15) is 12.5 Å². The molecule has 2 aromatic rings. The van der Waals surface area contributed by atoms with Crippen LogP contribution in [0, 0.1) is 6.92 Å². The Kier molecular flexibility index (Phi) is 5.05. The van der Waals surface area contributed by atoms with E-state index in [1.165, 1.54) is 12.1 Å². The van der Waals surface area contributed by atoms with Gasteiger partial charge in [-0.15, -0.1) is 0 Å². The minimum Gasteiger partial charge on any atom is -0.482 e. The number of amides is 1. The number of hydrogen-bond acceptors (Lipinski definition) is 5. The van der Waals surface area contributed by atoms with E-state index in [2.05, 4.69) is 5.32 Å². The summed E-state index contributed by atoms with van der Waals surface area (Å²) < 4.78 is 10.4. The molecule has 1 aromatic carbocycles. The van der Waals surface area contributed by atoms with E-state index in [-0.39, 0.29) is 30.9 Å². The van der Waals surface area contributed by atoms with Crippen LogP contribution in [0.4, 0.5) is 0 Å². The van der Waals surface area contributed by atoms with Gasteiger partial charge in [0.15, 0.2) is 6.61 Å². The number of carbonyl (C=O) groups excluding carboxylic acids is 1. The van der Waals surface area contributed by atoms with Gasteiger partial charge in [0.25, 0.3) is 5.91 Å². The first-order chi connectivity index (χ1) is 10.4. The maximum atomic E-state index is 11.6. The lowest BCUT2D eigenvalue weighted by Crippen LogP contribution is -2.38. The largest absolute Gasteiger partial charge is 0.482 e. The number of aliphatic hydroxyl groups is 1. The van der Waals surface area contributed by atoms with Crippen molar-refractivity contribution in [1.29, 1.82) is 0 Å². The topological polar surface area (TPSA) is 88.8 Å². The fraction of sp³-hybridized carbons (Fsp3) is 0.333. The molecule has 6 nitrogen and oxygen atoms in total. The number of carbonyl (C=O) groups is 1. The Labute approximate surface area is 131 Å². The monoisotopic (exact) mass is 325 g/mol. The number of fused-ring (bicyclic) bond motifs is 1. The number of aliphatic hydroxyl groups excluding tert-OH is 1. The van der Waals surface area contributed by atoms with Crippen LogP contribution >= 0.6 is 11.6 Å². The van der Waals surface area contributed by atoms with Crippen molar-refractivity contribution in [1.82, 2.24) is 5.32 Å². The van der Waals surface area contributed by atoms with Crippen molar-refractivity contribution >= 4 is 28.5 Å². The average Bonchev–Trinajstić information content (AvgIpc) is 2.45. The molecule has 2 rings (SSSR count). The summed E-state index contributed by atoms with van der Waals surface area (Å²) in [7, 11) is 0. The van der Waals surface area contributed by atoms with Gasteiger partial charge in [-0.3, -0.25) is 4.79 Å². The zero-order valence-corrected chi connectivity index (χ0v) is 12.9. The molecule has 0 aliphatic rings. The van der Waals surface area contributed by atoms with E-state index in [9.17, 15) is 9.59 Å². The average molecular weight is 326 g/mol. The molecule has 1 amide bonds. The van der Waals surface area contributed by atoms with Crippen LogP contribution in [0.25, 0.3) is 11.0 Å². The fourth-order valence-corrected chi connectivity index (χ4v) is 2.15. The van der Waals surface area contributed by atoms with Crippen molar-refractivity contribution in [3.63, 3.8) is 0 Å². The Bertz CT molecular complexity index is 755.